The number of non-ortho nitro benzene ring substituents is 1. The molecule has 9 heteroatoms. The zero-order chi connectivity index (χ0) is 20.1. The predicted molar refractivity (Wildman–Crippen MR) is 104 cm³/mol. The molecule has 1 aromatic heterocycles. The van der Waals surface area contributed by atoms with Crippen molar-refractivity contribution in [2.24, 2.45) is 0 Å². The molecule has 3 aromatic rings. The molecule has 1 N–H and O–H groups in total. The van der Waals surface area contributed by atoms with Gasteiger partial charge in [0.1, 0.15) is 6.54 Å². The van der Waals surface area contributed by atoms with Crippen LogP contribution in [0.3, 0.4) is 0 Å². The van der Waals surface area contributed by atoms with Crippen LogP contribution in [-0.4, -0.2) is 20.6 Å². The second-order valence-electron chi connectivity index (χ2n) is 5.89. The Morgan fingerprint density at radius 3 is 2.68 bits per heavy atom. The third kappa shape index (κ3) is 4.60. The normalized spacial score (nSPS) is 10.5. The van der Waals surface area contributed by atoms with Crippen LogP contribution in [0.4, 0.5) is 5.69 Å². The van der Waals surface area contributed by atoms with Crippen LogP contribution in [-0.2, 0) is 17.9 Å². The summed E-state index contributed by atoms with van der Waals surface area (Å²) in [6.45, 7) is -0.0656. The van der Waals surface area contributed by atoms with Crippen molar-refractivity contribution in [3.63, 3.8) is 0 Å². The summed E-state index contributed by atoms with van der Waals surface area (Å²) in [5, 5.41) is 18.3. The molecule has 1 heterocycles. The molecule has 0 fully saturated rings. The standard InChI is InChI=1S/C19H15ClN4O4/c20-16-7-2-1-4-14(16)11-21-18(25)12-23-19(26)9-8-17(22-23)13-5-3-6-15(10-13)24(27)28/h1-10H,11-12H2,(H,21,25). The first-order valence-corrected chi connectivity index (χ1v) is 8.65. The Morgan fingerprint density at radius 1 is 1.14 bits per heavy atom. The van der Waals surface area contributed by atoms with Gasteiger partial charge < -0.3 is 5.32 Å². The molecule has 28 heavy (non-hydrogen) atoms. The highest BCUT2D eigenvalue weighted by molar-refractivity contribution is 6.31. The zero-order valence-electron chi connectivity index (χ0n) is 14.5. The number of hydrogen-bond donors (Lipinski definition) is 1. The molecule has 0 saturated heterocycles. The van der Waals surface area contributed by atoms with Gasteiger partial charge in [-0.25, -0.2) is 4.68 Å². The molecule has 8 nitrogen and oxygen atoms in total. The van der Waals surface area contributed by atoms with Crippen LogP contribution in [0.25, 0.3) is 11.3 Å². The van der Waals surface area contributed by atoms with Gasteiger partial charge in [0.2, 0.25) is 5.91 Å². The maximum atomic E-state index is 12.2. The number of nitro groups is 1. The minimum atomic E-state index is -0.512. The second-order valence-corrected chi connectivity index (χ2v) is 6.30. The number of rotatable bonds is 6. The highest BCUT2D eigenvalue weighted by atomic mass is 35.5. The van der Waals surface area contributed by atoms with Crippen LogP contribution in [0.1, 0.15) is 5.56 Å². The second kappa shape index (κ2) is 8.45. The zero-order valence-corrected chi connectivity index (χ0v) is 15.3. The van der Waals surface area contributed by atoms with E-state index in [9.17, 15) is 19.7 Å². The lowest BCUT2D eigenvalue weighted by molar-refractivity contribution is -0.384. The molecule has 0 spiro atoms. The van der Waals surface area contributed by atoms with E-state index in [0.717, 1.165) is 10.2 Å². The van der Waals surface area contributed by atoms with E-state index < -0.39 is 16.4 Å². The largest absolute Gasteiger partial charge is 0.350 e. The van der Waals surface area contributed by atoms with E-state index in [1.165, 1.54) is 30.3 Å². The van der Waals surface area contributed by atoms with Gasteiger partial charge in [-0.05, 0) is 17.7 Å². The summed E-state index contributed by atoms with van der Waals surface area (Å²) < 4.78 is 1.01. The van der Waals surface area contributed by atoms with Gasteiger partial charge in [0.25, 0.3) is 11.2 Å². The minimum Gasteiger partial charge on any atom is -0.350 e. The maximum absolute atomic E-state index is 12.2. The lowest BCUT2D eigenvalue weighted by Gasteiger charge is -2.09. The van der Waals surface area contributed by atoms with Crippen molar-refractivity contribution < 1.29 is 9.72 Å². The van der Waals surface area contributed by atoms with Crippen molar-refractivity contribution in [3.05, 3.63) is 91.7 Å². The van der Waals surface area contributed by atoms with Gasteiger partial charge in [-0.2, -0.15) is 5.10 Å². The smallest absolute Gasteiger partial charge is 0.270 e. The van der Waals surface area contributed by atoms with Crippen molar-refractivity contribution >= 4 is 23.2 Å². The average molecular weight is 399 g/mol. The molecule has 0 unspecified atom stereocenters. The predicted octanol–water partition coefficient (Wildman–Crippen LogP) is 2.79. The van der Waals surface area contributed by atoms with E-state index in [2.05, 4.69) is 10.4 Å². The SMILES string of the molecule is O=C(Cn1nc(-c2cccc([N+](=O)[O-])c2)ccc1=O)NCc1ccccc1Cl. The number of nitrogens with one attached hydrogen (secondary N) is 1. The van der Waals surface area contributed by atoms with Gasteiger partial charge in [-0.1, -0.05) is 41.9 Å². The van der Waals surface area contributed by atoms with E-state index in [1.54, 1.807) is 24.3 Å². The molecule has 0 aliphatic heterocycles. The molecule has 0 saturated carbocycles. The molecular formula is C19H15ClN4O4. The lowest BCUT2D eigenvalue weighted by atomic mass is 10.1. The summed E-state index contributed by atoms with van der Waals surface area (Å²) in [6.07, 6.45) is 0. The first kappa shape index (κ1) is 19.2. The summed E-state index contributed by atoms with van der Waals surface area (Å²) in [5.74, 6) is -0.411. The highest BCUT2D eigenvalue weighted by Crippen LogP contribution is 2.21. The number of aromatic nitrogens is 2. The van der Waals surface area contributed by atoms with Gasteiger partial charge >= 0.3 is 0 Å². The highest BCUT2D eigenvalue weighted by Gasteiger charge is 2.11. The summed E-state index contributed by atoms with van der Waals surface area (Å²) >= 11 is 6.05. The summed E-state index contributed by atoms with van der Waals surface area (Å²) in [5.41, 5.74) is 1.03. The Hall–Kier alpha value is -3.52. The molecule has 2 aromatic carbocycles. The summed E-state index contributed by atoms with van der Waals surface area (Å²) in [4.78, 5) is 34.6. The van der Waals surface area contributed by atoms with Crippen molar-refractivity contribution in [1.82, 2.24) is 15.1 Å². The molecule has 0 aliphatic carbocycles. The van der Waals surface area contributed by atoms with Gasteiger partial charge in [-0.3, -0.25) is 19.7 Å². The van der Waals surface area contributed by atoms with Crippen LogP contribution in [0.15, 0.2) is 65.5 Å². The van der Waals surface area contributed by atoms with Crippen molar-refractivity contribution in [3.8, 4) is 11.3 Å². The van der Waals surface area contributed by atoms with Gasteiger partial charge in [0.05, 0.1) is 10.6 Å². The summed E-state index contributed by atoms with van der Waals surface area (Å²) in [6, 6.07) is 15.7. The quantitative estimate of drug-likeness (QED) is 0.507. The fourth-order valence-electron chi connectivity index (χ4n) is 2.52. The number of carbonyl (C=O) groups excluding carboxylic acids is 1. The molecule has 0 bridgehead atoms. The molecule has 142 valence electrons. The van der Waals surface area contributed by atoms with E-state index in [1.807, 2.05) is 6.07 Å². The number of amides is 1. The van der Waals surface area contributed by atoms with Gasteiger partial charge in [-0.15, -0.1) is 0 Å². The molecule has 0 aliphatic rings. The number of nitrogens with zero attached hydrogens (tertiary/aromatic N) is 3. The molecule has 0 atom stereocenters. The first-order chi connectivity index (χ1) is 13.4. The minimum absolute atomic E-state index is 0.0884. The summed E-state index contributed by atoms with van der Waals surface area (Å²) in [7, 11) is 0. The van der Waals surface area contributed by atoms with E-state index in [-0.39, 0.29) is 18.8 Å². The number of nitro benzene ring substituents is 1. The van der Waals surface area contributed by atoms with E-state index in [4.69, 9.17) is 11.6 Å². The lowest BCUT2D eigenvalue weighted by Crippen LogP contribution is -2.33. The van der Waals surface area contributed by atoms with Crippen LogP contribution < -0.4 is 10.9 Å². The monoisotopic (exact) mass is 398 g/mol. The fourth-order valence-corrected chi connectivity index (χ4v) is 2.73. The number of halogens is 1. The Labute approximate surface area is 164 Å². The fraction of sp³-hybridized carbons (Fsp3) is 0.105. The van der Waals surface area contributed by atoms with Gasteiger partial charge in [0, 0.05) is 35.3 Å². The maximum Gasteiger partial charge on any atom is 0.270 e. The van der Waals surface area contributed by atoms with Crippen molar-refractivity contribution in [2.45, 2.75) is 13.1 Å². The Kier molecular flexibility index (Phi) is 5.81. The first-order valence-electron chi connectivity index (χ1n) is 8.27. The Balaban J connectivity index is 1.75. The van der Waals surface area contributed by atoms with Crippen LogP contribution >= 0.6 is 11.6 Å². The topological polar surface area (TPSA) is 107 Å². The third-order valence-corrected chi connectivity index (χ3v) is 4.32. The van der Waals surface area contributed by atoms with Crippen molar-refractivity contribution in [2.75, 3.05) is 0 Å². The van der Waals surface area contributed by atoms with Crippen LogP contribution in [0.2, 0.25) is 5.02 Å². The molecule has 1 amide bonds. The third-order valence-electron chi connectivity index (χ3n) is 3.95. The van der Waals surface area contributed by atoms with E-state index in [0.29, 0.717) is 16.3 Å². The molecule has 3 rings (SSSR count). The molecular weight excluding hydrogens is 384 g/mol. The van der Waals surface area contributed by atoms with Crippen LogP contribution in [0.5, 0.6) is 0 Å². The molecule has 0 radical (unpaired) electrons. The van der Waals surface area contributed by atoms with E-state index >= 15 is 0 Å². The Morgan fingerprint density at radius 2 is 1.93 bits per heavy atom. The van der Waals surface area contributed by atoms with Gasteiger partial charge in [0.15, 0.2) is 0 Å². The number of hydrogen-bond acceptors (Lipinski definition) is 5. The van der Waals surface area contributed by atoms with Crippen LogP contribution in [0, 0.1) is 10.1 Å². The number of carbonyl (C=O) groups is 1. The average Bonchev–Trinajstić information content (AvgIpc) is 2.69. The Bertz CT molecular complexity index is 1100. The number of benzene rings is 2. The van der Waals surface area contributed by atoms with Crippen molar-refractivity contribution in [1.29, 1.82) is 0 Å².